The molecule has 11 heteroatoms. The molecular formula is C14H8CuN2O6S2. The predicted molar refractivity (Wildman–Crippen MR) is 80.3 cm³/mol. The van der Waals surface area contributed by atoms with E-state index in [1.807, 2.05) is 0 Å². The Balaban J connectivity index is 0.000000173. The summed E-state index contributed by atoms with van der Waals surface area (Å²) in [6, 6.07) is 12.0. The Kier molecular flexibility index (Phi) is 5.05. The molecule has 0 aliphatic carbocycles. The summed E-state index contributed by atoms with van der Waals surface area (Å²) in [7, 11) is -7.36. The Bertz CT molecular complexity index is 1020. The fraction of sp³-hybridized carbons (Fsp3) is 0. The average molecular weight is 428 g/mol. The van der Waals surface area contributed by atoms with E-state index >= 15 is 0 Å². The minimum atomic E-state index is -3.68. The van der Waals surface area contributed by atoms with Crippen molar-refractivity contribution in [2.24, 2.45) is 8.80 Å². The minimum absolute atomic E-state index is 0. The Labute approximate surface area is 154 Å². The fourth-order valence-electron chi connectivity index (χ4n) is 2.15. The van der Waals surface area contributed by atoms with Crippen LogP contribution >= 0.6 is 0 Å². The number of sulfonamides is 2. The molecule has 0 unspecified atom stereocenters. The molecule has 1 radical (unpaired) electrons. The van der Waals surface area contributed by atoms with Gasteiger partial charge in [-0.25, -0.2) is 0 Å². The van der Waals surface area contributed by atoms with Crippen LogP contribution in [0.5, 0.6) is 0 Å². The third-order valence-corrected chi connectivity index (χ3v) is 5.83. The van der Waals surface area contributed by atoms with E-state index in [9.17, 15) is 27.0 Å². The first-order valence-electron chi connectivity index (χ1n) is 6.45. The molecule has 2 aromatic carbocycles. The number of fused-ring (bicyclic) bond motifs is 2. The second kappa shape index (κ2) is 6.60. The first-order valence-corrected chi connectivity index (χ1v) is 9.33. The van der Waals surface area contributed by atoms with Crippen molar-refractivity contribution in [2.75, 3.05) is 0 Å². The number of nitrogens with zero attached hydrogens (tertiary/aromatic N) is 2. The molecule has 0 amide bonds. The largest absolute Gasteiger partial charge is 2.00 e. The second-order valence-electron chi connectivity index (χ2n) is 4.74. The van der Waals surface area contributed by atoms with Gasteiger partial charge in [-0.15, -0.1) is 0 Å². The summed E-state index contributed by atoms with van der Waals surface area (Å²) in [5, 5.41) is 21.9. The third-order valence-electron chi connectivity index (χ3n) is 3.20. The summed E-state index contributed by atoms with van der Waals surface area (Å²) < 4.78 is 50.3. The summed E-state index contributed by atoms with van der Waals surface area (Å²) in [6.07, 6.45) is 0. The van der Waals surface area contributed by atoms with Crippen molar-refractivity contribution in [1.29, 1.82) is 0 Å². The molecule has 0 aromatic heterocycles. The molecule has 2 aliphatic heterocycles. The van der Waals surface area contributed by atoms with Crippen molar-refractivity contribution in [2.45, 2.75) is 9.79 Å². The van der Waals surface area contributed by atoms with Gasteiger partial charge in [0.1, 0.15) is 0 Å². The summed E-state index contributed by atoms with van der Waals surface area (Å²) in [5.74, 6) is -1.35. The third kappa shape index (κ3) is 3.45. The molecular weight excluding hydrogens is 420 g/mol. The van der Waals surface area contributed by atoms with E-state index in [2.05, 4.69) is 8.80 Å². The van der Waals surface area contributed by atoms with E-state index in [4.69, 9.17) is 0 Å². The van der Waals surface area contributed by atoms with Gasteiger partial charge in [-0.1, -0.05) is 36.4 Å². The first-order chi connectivity index (χ1) is 11.2. The SMILES string of the molecule is O=S1(=O)N=C([O-])c2ccccc21.O=S1(=O)N=C([O-])c2ccccc21.[Cu+2]. The number of rotatable bonds is 0. The topological polar surface area (TPSA) is 139 Å². The molecule has 0 N–H and O–H groups in total. The summed E-state index contributed by atoms with van der Waals surface area (Å²) >= 11 is 0. The molecule has 0 bridgehead atoms. The fourth-order valence-corrected chi connectivity index (χ4v) is 4.35. The van der Waals surface area contributed by atoms with Gasteiger partial charge >= 0.3 is 17.1 Å². The quantitative estimate of drug-likeness (QED) is 0.493. The van der Waals surface area contributed by atoms with Gasteiger partial charge in [0.05, 0.1) is 9.79 Å². The van der Waals surface area contributed by atoms with Crippen molar-refractivity contribution >= 4 is 31.8 Å². The van der Waals surface area contributed by atoms with Crippen LogP contribution < -0.4 is 10.2 Å². The number of benzene rings is 2. The standard InChI is InChI=1S/2C7H5NO3S.Cu/c2*9-7-5-3-1-2-4-6(5)12(10,11)8-7;/h2*1-4H,(H,8,9);/q;;+2/p-2. The van der Waals surface area contributed by atoms with Gasteiger partial charge in [-0.05, 0) is 12.1 Å². The molecule has 4 rings (SSSR count). The van der Waals surface area contributed by atoms with Crippen LogP contribution in [-0.2, 0) is 37.1 Å². The minimum Gasteiger partial charge on any atom is -0.858 e. The predicted octanol–water partition coefficient (Wildman–Crippen LogP) is -1.01. The first kappa shape index (κ1) is 19.1. The normalized spacial score (nSPS) is 17.8. The van der Waals surface area contributed by atoms with E-state index in [0.717, 1.165) is 0 Å². The van der Waals surface area contributed by atoms with Gasteiger partial charge in [0, 0.05) is 22.9 Å². The van der Waals surface area contributed by atoms with E-state index < -0.39 is 31.8 Å². The van der Waals surface area contributed by atoms with Crippen LogP contribution in [-0.4, -0.2) is 28.6 Å². The monoisotopic (exact) mass is 427 g/mol. The molecule has 25 heavy (non-hydrogen) atoms. The number of hydrogen-bond donors (Lipinski definition) is 0. The van der Waals surface area contributed by atoms with Crippen LogP contribution in [0, 0.1) is 0 Å². The van der Waals surface area contributed by atoms with Crippen LogP contribution in [0.15, 0.2) is 67.1 Å². The molecule has 133 valence electrons. The van der Waals surface area contributed by atoms with Crippen LogP contribution in [0.1, 0.15) is 11.1 Å². The maximum absolute atomic E-state index is 11.1. The average Bonchev–Trinajstić information content (AvgIpc) is 2.91. The molecule has 0 saturated carbocycles. The van der Waals surface area contributed by atoms with Crippen LogP contribution in [0.4, 0.5) is 0 Å². The van der Waals surface area contributed by atoms with Crippen molar-refractivity contribution < 1.29 is 44.1 Å². The number of hydrogen-bond acceptors (Lipinski definition) is 6. The van der Waals surface area contributed by atoms with E-state index in [1.54, 1.807) is 24.3 Å². The zero-order valence-corrected chi connectivity index (χ0v) is 14.7. The molecule has 2 aromatic rings. The van der Waals surface area contributed by atoms with Gasteiger partial charge < -0.3 is 10.2 Å². The summed E-state index contributed by atoms with van der Waals surface area (Å²) in [5.41, 5.74) is 0.329. The molecule has 0 fully saturated rings. The molecule has 2 heterocycles. The van der Waals surface area contributed by atoms with Crippen LogP contribution in [0.2, 0.25) is 0 Å². The van der Waals surface area contributed by atoms with Crippen molar-refractivity contribution in [1.82, 2.24) is 0 Å². The Morgan fingerprint density at radius 1 is 0.640 bits per heavy atom. The van der Waals surface area contributed by atoms with Crippen molar-refractivity contribution in [3.8, 4) is 0 Å². The molecule has 0 atom stereocenters. The Morgan fingerprint density at radius 2 is 0.960 bits per heavy atom. The Hall–Kier alpha value is -2.20. The maximum Gasteiger partial charge on any atom is 2.00 e. The summed E-state index contributed by atoms with van der Waals surface area (Å²) in [4.78, 5) is 0.0185. The zero-order valence-electron chi connectivity index (χ0n) is 12.1. The smallest absolute Gasteiger partial charge is 0.858 e. The Morgan fingerprint density at radius 3 is 1.28 bits per heavy atom. The van der Waals surface area contributed by atoms with Crippen LogP contribution in [0.25, 0.3) is 0 Å². The summed E-state index contributed by atoms with van der Waals surface area (Å²) in [6.45, 7) is 0. The van der Waals surface area contributed by atoms with Gasteiger partial charge in [-0.3, -0.25) is 0 Å². The van der Waals surface area contributed by atoms with Crippen molar-refractivity contribution in [3.05, 3.63) is 59.7 Å². The molecule has 0 spiro atoms. The second-order valence-corrected chi connectivity index (χ2v) is 7.88. The molecule has 0 saturated heterocycles. The van der Waals surface area contributed by atoms with Gasteiger partial charge in [0.25, 0.3) is 20.0 Å². The zero-order chi connectivity index (χ0) is 17.5. The van der Waals surface area contributed by atoms with E-state index in [-0.39, 0.29) is 38.0 Å². The van der Waals surface area contributed by atoms with Crippen LogP contribution in [0.3, 0.4) is 0 Å². The van der Waals surface area contributed by atoms with Gasteiger partial charge in [-0.2, -0.15) is 25.6 Å². The molecule has 8 nitrogen and oxygen atoms in total. The van der Waals surface area contributed by atoms with Gasteiger partial charge in [0.15, 0.2) is 0 Å². The maximum atomic E-state index is 11.1. The van der Waals surface area contributed by atoms with E-state index in [0.29, 0.717) is 0 Å². The van der Waals surface area contributed by atoms with Crippen molar-refractivity contribution in [3.63, 3.8) is 0 Å². The van der Waals surface area contributed by atoms with Gasteiger partial charge in [0.2, 0.25) is 0 Å². The van der Waals surface area contributed by atoms with E-state index in [1.165, 1.54) is 24.3 Å². The molecule has 2 aliphatic rings.